The fourth-order valence-corrected chi connectivity index (χ4v) is 2.92. The van der Waals surface area contributed by atoms with Crippen molar-refractivity contribution in [1.29, 1.82) is 0 Å². The minimum atomic E-state index is 0.485. The van der Waals surface area contributed by atoms with Gasteiger partial charge in [-0.05, 0) is 55.1 Å². The average Bonchev–Trinajstić information content (AvgIpc) is 2.95. The highest BCUT2D eigenvalue weighted by Crippen LogP contribution is 2.37. The zero-order valence-corrected chi connectivity index (χ0v) is 12.5. The van der Waals surface area contributed by atoms with Gasteiger partial charge in [0.05, 0.1) is 5.69 Å². The monoisotopic (exact) mass is 282 g/mol. The number of aromatic nitrogens is 1. The maximum atomic E-state index is 6.00. The highest BCUT2D eigenvalue weighted by atomic mass is 16.5. The summed E-state index contributed by atoms with van der Waals surface area (Å²) >= 11 is 0. The Balaban J connectivity index is 1.71. The Bertz CT molecular complexity index is 583. The van der Waals surface area contributed by atoms with Crippen molar-refractivity contribution in [3.8, 4) is 5.75 Å². The van der Waals surface area contributed by atoms with Crippen LogP contribution in [0.2, 0.25) is 0 Å². The molecule has 0 aliphatic heterocycles. The Kier molecular flexibility index (Phi) is 4.51. The lowest BCUT2D eigenvalue weighted by Gasteiger charge is -2.14. The van der Waals surface area contributed by atoms with Gasteiger partial charge in [0.25, 0.3) is 0 Å². The van der Waals surface area contributed by atoms with Gasteiger partial charge in [0.15, 0.2) is 0 Å². The number of benzene rings is 1. The first-order valence-corrected chi connectivity index (χ1v) is 7.76. The van der Waals surface area contributed by atoms with Crippen molar-refractivity contribution in [2.75, 3.05) is 6.54 Å². The van der Waals surface area contributed by atoms with Crippen LogP contribution >= 0.6 is 0 Å². The molecule has 3 rings (SSSR count). The maximum absolute atomic E-state index is 6.00. The topological polar surface area (TPSA) is 34.1 Å². The Labute approximate surface area is 126 Å². The molecule has 1 N–H and O–H groups in total. The molecule has 0 spiro atoms. The zero-order chi connectivity index (χ0) is 14.5. The van der Waals surface area contributed by atoms with E-state index in [4.69, 9.17) is 4.74 Å². The van der Waals surface area contributed by atoms with Crippen LogP contribution in [0.15, 0.2) is 42.6 Å². The van der Waals surface area contributed by atoms with E-state index >= 15 is 0 Å². The molecule has 1 aromatic carbocycles. The summed E-state index contributed by atoms with van der Waals surface area (Å²) in [6, 6.07) is 12.8. The van der Waals surface area contributed by atoms with Crippen molar-refractivity contribution < 1.29 is 4.74 Å². The predicted octanol–water partition coefficient (Wildman–Crippen LogP) is 3.65. The van der Waals surface area contributed by atoms with Crippen LogP contribution in [0.25, 0.3) is 0 Å². The molecule has 1 atom stereocenters. The summed E-state index contributed by atoms with van der Waals surface area (Å²) in [7, 11) is 0. The molecule has 1 aliphatic carbocycles. The molecule has 0 saturated heterocycles. The molecule has 3 nitrogen and oxygen atoms in total. The van der Waals surface area contributed by atoms with Gasteiger partial charge >= 0.3 is 0 Å². The lowest BCUT2D eigenvalue weighted by Crippen LogP contribution is -2.19. The van der Waals surface area contributed by atoms with Gasteiger partial charge in [-0.15, -0.1) is 0 Å². The minimum Gasteiger partial charge on any atom is -0.487 e. The second-order valence-corrected chi connectivity index (χ2v) is 5.48. The number of hydrogen-bond acceptors (Lipinski definition) is 3. The molecule has 1 unspecified atom stereocenters. The summed E-state index contributed by atoms with van der Waals surface area (Å²) in [5, 5.41) is 3.62. The third-order valence-electron chi connectivity index (χ3n) is 3.97. The molecule has 3 heteroatoms. The van der Waals surface area contributed by atoms with Crippen LogP contribution in [0.4, 0.5) is 0 Å². The smallest absolute Gasteiger partial charge is 0.130 e. The van der Waals surface area contributed by atoms with E-state index in [1.807, 2.05) is 18.2 Å². The van der Waals surface area contributed by atoms with Gasteiger partial charge in [-0.1, -0.05) is 25.1 Å². The van der Waals surface area contributed by atoms with Crippen molar-refractivity contribution in [3.05, 3.63) is 59.4 Å². The summed E-state index contributed by atoms with van der Waals surface area (Å²) < 4.78 is 6.00. The second kappa shape index (κ2) is 6.72. The Morgan fingerprint density at radius 3 is 3.00 bits per heavy atom. The third-order valence-corrected chi connectivity index (χ3v) is 3.97. The third kappa shape index (κ3) is 3.24. The summed E-state index contributed by atoms with van der Waals surface area (Å²) in [4.78, 5) is 4.31. The van der Waals surface area contributed by atoms with Crippen LogP contribution in [0.3, 0.4) is 0 Å². The molecular weight excluding hydrogens is 260 g/mol. The quantitative estimate of drug-likeness (QED) is 0.878. The molecule has 0 bridgehead atoms. The molecule has 0 radical (unpaired) electrons. The largest absolute Gasteiger partial charge is 0.487 e. The summed E-state index contributed by atoms with van der Waals surface area (Å²) in [6.45, 7) is 3.81. The number of hydrogen-bond donors (Lipinski definition) is 1. The number of nitrogens with one attached hydrogen (secondary N) is 1. The molecule has 0 amide bonds. The molecular formula is C18H22N2O. The standard InChI is InChI=1S/C18H22N2O/c1-2-11-20-17-10-9-16-15(17)7-5-8-18(16)21-13-14-6-3-4-12-19-14/h3-8,12,17,20H,2,9-11,13H2,1H3. The van der Waals surface area contributed by atoms with E-state index in [2.05, 4.69) is 35.4 Å². The zero-order valence-electron chi connectivity index (χ0n) is 12.5. The predicted molar refractivity (Wildman–Crippen MR) is 84.4 cm³/mol. The number of ether oxygens (including phenoxy) is 1. The van der Waals surface area contributed by atoms with E-state index in [1.165, 1.54) is 24.0 Å². The van der Waals surface area contributed by atoms with E-state index in [0.717, 1.165) is 24.4 Å². The van der Waals surface area contributed by atoms with E-state index in [0.29, 0.717) is 12.6 Å². The SMILES string of the molecule is CCCNC1CCc2c(OCc3ccccn3)cccc21. The van der Waals surface area contributed by atoms with Crippen molar-refractivity contribution in [1.82, 2.24) is 10.3 Å². The van der Waals surface area contributed by atoms with Gasteiger partial charge in [0.1, 0.15) is 12.4 Å². The number of rotatable bonds is 6. The fourth-order valence-electron chi connectivity index (χ4n) is 2.92. The van der Waals surface area contributed by atoms with Gasteiger partial charge in [-0.25, -0.2) is 0 Å². The van der Waals surface area contributed by atoms with Gasteiger partial charge in [0.2, 0.25) is 0 Å². The highest BCUT2D eigenvalue weighted by Gasteiger charge is 2.24. The van der Waals surface area contributed by atoms with E-state index in [-0.39, 0.29) is 0 Å². The second-order valence-electron chi connectivity index (χ2n) is 5.48. The molecule has 1 heterocycles. The van der Waals surface area contributed by atoms with Crippen molar-refractivity contribution in [3.63, 3.8) is 0 Å². The Morgan fingerprint density at radius 1 is 1.24 bits per heavy atom. The van der Waals surface area contributed by atoms with Crippen molar-refractivity contribution in [2.45, 2.75) is 38.8 Å². The molecule has 1 aromatic heterocycles. The number of pyridine rings is 1. The molecule has 0 fully saturated rings. The van der Waals surface area contributed by atoms with Gasteiger partial charge < -0.3 is 10.1 Å². The number of fused-ring (bicyclic) bond motifs is 1. The molecule has 0 saturated carbocycles. The first-order chi connectivity index (χ1) is 10.4. The first kappa shape index (κ1) is 14.1. The van der Waals surface area contributed by atoms with E-state index in [1.54, 1.807) is 6.20 Å². The maximum Gasteiger partial charge on any atom is 0.130 e. The van der Waals surface area contributed by atoms with Crippen LogP contribution in [-0.2, 0) is 13.0 Å². The first-order valence-electron chi connectivity index (χ1n) is 7.76. The lowest BCUT2D eigenvalue weighted by atomic mass is 10.1. The molecule has 1 aliphatic rings. The minimum absolute atomic E-state index is 0.485. The van der Waals surface area contributed by atoms with Crippen LogP contribution in [0, 0.1) is 0 Å². The van der Waals surface area contributed by atoms with E-state index in [9.17, 15) is 0 Å². The van der Waals surface area contributed by atoms with Crippen molar-refractivity contribution >= 4 is 0 Å². The van der Waals surface area contributed by atoms with Crippen molar-refractivity contribution in [2.24, 2.45) is 0 Å². The van der Waals surface area contributed by atoms with Crippen LogP contribution < -0.4 is 10.1 Å². The highest BCUT2D eigenvalue weighted by molar-refractivity contribution is 5.45. The lowest BCUT2D eigenvalue weighted by molar-refractivity contribution is 0.298. The normalized spacial score (nSPS) is 16.7. The summed E-state index contributed by atoms with van der Waals surface area (Å²) in [5.41, 5.74) is 3.73. The van der Waals surface area contributed by atoms with Gasteiger partial charge in [-0.2, -0.15) is 0 Å². The molecule has 110 valence electrons. The van der Waals surface area contributed by atoms with E-state index < -0.39 is 0 Å². The number of nitrogens with zero attached hydrogens (tertiary/aromatic N) is 1. The van der Waals surface area contributed by atoms with Crippen LogP contribution in [-0.4, -0.2) is 11.5 Å². The summed E-state index contributed by atoms with van der Waals surface area (Å²) in [5.74, 6) is 1.01. The molecule has 2 aromatic rings. The van der Waals surface area contributed by atoms with Gasteiger partial charge in [-0.3, -0.25) is 4.98 Å². The van der Waals surface area contributed by atoms with Crippen LogP contribution in [0.5, 0.6) is 5.75 Å². The average molecular weight is 282 g/mol. The van der Waals surface area contributed by atoms with Crippen LogP contribution in [0.1, 0.15) is 42.6 Å². The fraction of sp³-hybridized carbons (Fsp3) is 0.389. The molecule has 21 heavy (non-hydrogen) atoms. The summed E-state index contributed by atoms with van der Waals surface area (Å²) in [6.07, 6.45) is 5.23. The Hall–Kier alpha value is -1.87. The van der Waals surface area contributed by atoms with Gasteiger partial charge in [0, 0.05) is 12.2 Å². The Morgan fingerprint density at radius 2 is 2.19 bits per heavy atom.